The van der Waals surface area contributed by atoms with Crippen LogP contribution in [0.25, 0.3) is 11.1 Å². The van der Waals surface area contributed by atoms with Gasteiger partial charge in [-0.05, 0) is 49.8 Å². The average Bonchev–Trinajstić information content (AvgIpc) is 2.68. The van der Waals surface area contributed by atoms with Crippen LogP contribution in [0.1, 0.15) is 29.0 Å². The van der Waals surface area contributed by atoms with Gasteiger partial charge in [-0.2, -0.15) is 0 Å². The van der Waals surface area contributed by atoms with Gasteiger partial charge < -0.3 is 16.4 Å². The summed E-state index contributed by atoms with van der Waals surface area (Å²) in [5.41, 5.74) is 12.3. The third-order valence-corrected chi connectivity index (χ3v) is 3.83. The normalized spacial score (nSPS) is 17.7. The lowest BCUT2D eigenvalue weighted by Gasteiger charge is -2.24. The Morgan fingerprint density at radius 1 is 1.32 bits per heavy atom. The Morgan fingerprint density at radius 3 is 2.79 bits per heavy atom. The molecule has 0 unspecified atom stereocenters. The van der Waals surface area contributed by atoms with Crippen LogP contribution >= 0.6 is 0 Å². The van der Waals surface area contributed by atoms with Crippen molar-refractivity contribution in [3.8, 4) is 11.1 Å². The van der Waals surface area contributed by atoms with Gasteiger partial charge in [-0.25, -0.2) is 0 Å². The minimum atomic E-state index is 0. The van der Waals surface area contributed by atoms with Crippen LogP contribution in [0.4, 0.5) is 0 Å². The van der Waals surface area contributed by atoms with Crippen molar-refractivity contribution < 1.29 is 4.52 Å². The highest BCUT2D eigenvalue weighted by Crippen LogP contribution is 2.34. The summed E-state index contributed by atoms with van der Waals surface area (Å²) in [7, 11) is 0. The van der Waals surface area contributed by atoms with Crippen LogP contribution < -0.4 is 11.9 Å². The van der Waals surface area contributed by atoms with Crippen LogP contribution in [0.15, 0.2) is 22.7 Å². The Labute approximate surface area is 113 Å². The molecular weight excluding hydrogens is 238 g/mol. The molecule has 0 saturated carbocycles. The van der Waals surface area contributed by atoms with Crippen molar-refractivity contribution in [2.75, 3.05) is 0 Å². The number of hydrogen-bond donors (Lipinski definition) is 2. The van der Waals surface area contributed by atoms with Crippen LogP contribution in [0.3, 0.4) is 0 Å². The third-order valence-electron chi connectivity index (χ3n) is 3.83. The topological polar surface area (TPSA) is 87.0 Å². The van der Waals surface area contributed by atoms with Crippen molar-refractivity contribution in [1.29, 1.82) is 0 Å². The number of nitrogens with zero attached hydrogens (tertiary/aromatic N) is 1. The molecule has 0 bridgehead atoms. The molecule has 4 heteroatoms. The fourth-order valence-corrected chi connectivity index (χ4v) is 2.92. The van der Waals surface area contributed by atoms with E-state index in [9.17, 15) is 0 Å². The van der Waals surface area contributed by atoms with Gasteiger partial charge in [0.2, 0.25) is 0 Å². The monoisotopic (exact) mass is 259 g/mol. The van der Waals surface area contributed by atoms with Crippen molar-refractivity contribution in [1.82, 2.24) is 11.3 Å². The molecule has 1 aromatic heterocycles. The van der Waals surface area contributed by atoms with E-state index in [4.69, 9.17) is 10.3 Å². The van der Waals surface area contributed by atoms with Gasteiger partial charge in [0, 0.05) is 11.6 Å². The SMILES string of the molecule is Cc1noc(C)c1-c1cccc2c1C[C@H](N)CC2.N. The third kappa shape index (κ3) is 2.29. The van der Waals surface area contributed by atoms with Crippen LogP contribution in [-0.4, -0.2) is 11.2 Å². The largest absolute Gasteiger partial charge is 0.361 e. The van der Waals surface area contributed by atoms with E-state index in [1.54, 1.807) is 0 Å². The lowest BCUT2D eigenvalue weighted by Crippen LogP contribution is -2.28. The molecular formula is C15H21N3O. The predicted molar refractivity (Wildman–Crippen MR) is 76.4 cm³/mol. The Kier molecular flexibility index (Phi) is 3.73. The van der Waals surface area contributed by atoms with Crippen molar-refractivity contribution in [2.45, 2.75) is 39.2 Å². The molecule has 1 aromatic carbocycles. The number of nitrogens with two attached hydrogens (primary N) is 1. The van der Waals surface area contributed by atoms with Crippen LogP contribution in [-0.2, 0) is 12.8 Å². The summed E-state index contributed by atoms with van der Waals surface area (Å²) in [6.07, 6.45) is 3.11. The number of benzene rings is 1. The zero-order chi connectivity index (χ0) is 12.7. The van der Waals surface area contributed by atoms with E-state index in [-0.39, 0.29) is 12.2 Å². The number of hydrogen-bond acceptors (Lipinski definition) is 4. The summed E-state index contributed by atoms with van der Waals surface area (Å²) >= 11 is 0. The molecule has 0 amide bonds. The summed E-state index contributed by atoms with van der Waals surface area (Å²) in [5.74, 6) is 0.889. The molecule has 102 valence electrons. The fourth-order valence-electron chi connectivity index (χ4n) is 2.92. The van der Waals surface area contributed by atoms with E-state index in [0.29, 0.717) is 0 Å². The highest BCUT2D eigenvalue weighted by Gasteiger charge is 2.21. The van der Waals surface area contributed by atoms with Gasteiger partial charge in [-0.1, -0.05) is 23.4 Å². The molecule has 0 radical (unpaired) electrons. The van der Waals surface area contributed by atoms with Crippen molar-refractivity contribution >= 4 is 0 Å². The van der Waals surface area contributed by atoms with E-state index in [2.05, 4.69) is 23.4 Å². The second-order valence-electron chi connectivity index (χ2n) is 5.15. The second-order valence-corrected chi connectivity index (χ2v) is 5.15. The smallest absolute Gasteiger partial charge is 0.141 e. The number of aromatic nitrogens is 1. The standard InChI is InChI=1S/C15H18N2O.H3N/c1-9-15(10(2)18-17-9)13-5-3-4-11-6-7-12(16)8-14(11)13;/h3-5,12H,6-8,16H2,1-2H3;1H3/t12-;/m1./s1. The molecule has 0 spiro atoms. The molecule has 0 fully saturated rings. The van der Waals surface area contributed by atoms with Gasteiger partial charge in [0.1, 0.15) is 5.76 Å². The molecule has 0 aliphatic heterocycles. The lowest BCUT2D eigenvalue weighted by atomic mass is 9.83. The highest BCUT2D eigenvalue weighted by molar-refractivity contribution is 5.72. The summed E-state index contributed by atoms with van der Waals surface area (Å²) in [6.45, 7) is 3.96. The molecule has 4 nitrogen and oxygen atoms in total. The van der Waals surface area contributed by atoms with E-state index in [1.807, 2.05) is 13.8 Å². The molecule has 0 saturated heterocycles. The molecule has 1 aliphatic rings. The second kappa shape index (κ2) is 5.15. The highest BCUT2D eigenvalue weighted by atomic mass is 16.5. The molecule has 5 N–H and O–H groups in total. The molecule has 1 heterocycles. The van der Waals surface area contributed by atoms with Crippen LogP contribution in [0.2, 0.25) is 0 Å². The van der Waals surface area contributed by atoms with E-state index in [0.717, 1.165) is 36.3 Å². The summed E-state index contributed by atoms with van der Waals surface area (Å²) < 4.78 is 5.29. The summed E-state index contributed by atoms with van der Waals surface area (Å²) in [6, 6.07) is 6.77. The summed E-state index contributed by atoms with van der Waals surface area (Å²) in [5, 5.41) is 4.05. The van der Waals surface area contributed by atoms with E-state index >= 15 is 0 Å². The van der Waals surface area contributed by atoms with Crippen molar-refractivity contribution in [3.05, 3.63) is 40.8 Å². The summed E-state index contributed by atoms with van der Waals surface area (Å²) in [4.78, 5) is 0. The molecule has 1 aliphatic carbocycles. The van der Waals surface area contributed by atoms with Gasteiger partial charge in [0.15, 0.2) is 0 Å². The minimum Gasteiger partial charge on any atom is -0.361 e. The number of aryl methyl sites for hydroxylation is 3. The Morgan fingerprint density at radius 2 is 2.11 bits per heavy atom. The van der Waals surface area contributed by atoms with Gasteiger partial charge in [-0.15, -0.1) is 0 Å². The first-order valence-electron chi connectivity index (χ1n) is 6.46. The van der Waals surface area contributed by atoms with Crippen LogP contribution in [0, 0.1) is 13.8 Å². The predicted octanol–water partition coefficient (Wildman–Crippen LogP) is 2.94. The fraction of sp³-hybridized carbons (Fsp3) is 0.400. The Balaban J connectivity index is 0.00000133. The van der Waals surface area contributed by atoms with Crippen molar-refractivity contribution in [3.63, 3.8) is 0 Å². The van der Waals surface area contributed by atoms with Crippen molar-refractivity contribution in [2.24, 2.45) is 5.73 Å². The first-order valence-corrected chi connectivity index (χ1v) is 6.46. The maximum absolute atomic E-state index is 6.11. The van der Waals surface area contributed by atoms with E-state index in [1.165, 1.54) is 16.7 Å². The molecule has 2 aromatic rings. The maximum Gasteiger partial charge on any atom is 0.141 e. The molecule has 1 atom stereocenters. The zero-order valence-electron chi connectivity index (χ0n) is 11.6. The molecule has 19 heavy (non-hydrogen) atoms. The zero-order valence-corrected chi connectivity index (χ0v) is 11.6. The van der Waals surface area contributed by atoms with Gasteiger partial charge >= 0.3 is 0 Å². The Bertz CT molecular complexity index is 570. The minimum absolute atomic E-state index is 0. The van der Waals surface area contributed by atoms with Crippen LogP contribution in [0.5, 0.6) is 0 Å². The van der Waals surface area contributed by atoms with Gasteiger partial charge in [0.25, 0.3) is 0 Å². The van der Waals surface area contributed by atoms with Gasteiger partial charge in [0.05, 0.1) is 5.69 Å². The quantitative estimate of drug-likeness (QED) is 0.824. The average molecular weight is 259 g/mol. The van der Waals surface area contributed by atoms with E-state index < -0.39 is 0 Å². The molecule has 3 rings (SSSR count). The lowest BCUT2D eigenvalue weighted by molar-refractivity contribution is 0.393. The number of rotatable bonds is 1. The first kappa shape index (κ1) is 13.8. The number of fused-ring (bicyclic) bond motifs is 1. The first-order chi connectivity index (χ1) is 8.66. The maximum atomic E-state index is 6.11. The van der Waals surface area contributed by atoms with Gasteiger partial charge in [-0.3, -0.25) is 0 Å². The Hall–Kier alpha value is -1.65.